The highest BCUT2D eigenvalue weighted by molar-refractivity contribution is 5.07. The van der Waals surface area contributed by atoms with Gasteiger partial charge in [-0.25, -0.2) is 0 Å². The first-order chi connectivity index (χ1) is 5.24. The highest BCUT2D eigenvalue weighted by atomic mass is 14.6. The summed E-state index contributed by atoms with van der Waals surface area (Å²) in [6.07, 6.45) is 1.02. The van der Waals surface area contributed by atoms with Gasteiger partial charge in [-0.3, -0.25) is 0 Å². The van der Waals surface area contributed by atoms with Gasteiger partial charge in [0, 0.05) is 6.04 Å². The molecule has 1 atom stereocenters. The summed E-state index contributed by atoms with van der Waals surface area (Å²) in [4.78, 5) is 0. The lowest BCUT2D eigenvalue weighted by Crippen LogP contribution is -2.30. The third kappa shape index (κ3) is 4.55. The van der Waals surface area contributed by atoms with Crippen molar-refractivity contribution in [2.75, 3.05) is 0 Å². The van der Waals surface area contributed by atoms with Crippen LogP contribution in [0.3, 0.4) is 0 Å². The molecule has 0 aromatic rings. The van der Waals surface area contributed by atoms with Crippen LogP contribution in [0.15, 0.2) is 12.2 Å². The van der Waals surface area contributed by atoms with Gasteiger partial charge in [0.05, 0.1) is 0 Å². The molecule has 1 nitrogen and oxygen atoms in total. The van der Waals surface area contributed by atoms with Gasteiger partial charge in [-0.05, 0) is 17.8 Å². The van der Waals surface area contributed by atoms with Gasteiger partial charge < -0.3 is 5.73 Å². The molecule has 0 aliphatic rings. The van der Waals surface area contributed by atoms with E-state index in [2.05, 4.69) is 41.2 Å². The maximum Gasteiger partial charge on any atom is 0.0274 e. The predicted octanol–water partition coefficient (Wildman–Crippen LogP) is 2.96. The molecular formula is C11H23N. The number of nitrogens with two attached hydrogens (primary N) is 1. The number of hydrogen-bond donors (Lipinski definition) is 1. The molecule has 12 heavy (non-hydrogen) atoms. The van der Waals surface area contributed by atoms with Crippen molar-refractivity contribution in [3.8, 4) is 0 Å². The number of hydrogen-bond acceptors (Lipinski definition) is 1. The second-order valence-corrected chi connectivity index (χ2v) is 5.17. The summed E-state index contributed by atoms with van der Waals surface area (Å²) < 4.78 is 0. The lowest BCUT2D eigenvalue weighted by molar-refractivity contribution is 0.386. The SMILES string of the molecule is C=C(CC(C)(C)C)C(N)C(C)C. The van der Waals surface area contributed by atoms with Crippen LogP contribution in [0.4, 0.5) is 0 Å². The highest BCUT2D eigenvalue weighted by Crippen LogP contribution is 2.25. The monoisotopic (exact) mass is 169 g/mol. The Morgan fingerprint density at radius 2 is 1.75 bits per heavy atom. The Labute approximate surface area is 77.0 Å². The lowest BCUT2D eigenvalue weighted by Gasteiger charge is -2.25. The first-order valence-corrected chi connectivity index (χ1v) is 4.67. The Hall–Kier alpha value is -0.300. The Bertz CT molecular complexity index is 151. The minimum Gasteiger partial charge on any atom is -0.324 e. The van der Waals surface area contributed by atoms with E-state index in [0.717, 1.165) is 6.42 Å². The smallest absolute Gasteiger partial charge is 0.0274 e. The molecule has 0 aromatic carbocycles. The first kappa shape index (κ1) is 11.7. The molecule has 0 rings (SSSR count). The summed E-state index contributed by atoms with van der Waals surface area (Å²) in [5.74, 6) is 0.500. The molecule has 1 unspecified atom stereocenters. The van der Waals surface area contributed by atoms with Crippen molar-refractivity contribution >= 4 is 0 Å². The molecule has 0 aliphatic carbocycles. The van der Waals surface area contributed by atoms with E-state index in [4.69, 9.17) is 5.73 Å². The highest BCUT2D eigenvalue weighted by Gasteiger charge is 2.17. The molecule has 0 saturated heterocycles. The Balaban J connectivity index is 4.05. The Morgan fingerprint density at radius 3 is 2.00 bits per heavy atom. The van der Waals surface area contributed by atoms with Crippen molar-refractivity contribution in [1.29, 1.82) is 0 Å². The van der Waals surface area contributed by atoms with Gasteiger partial charge in [0.25, 0.3) is 0 Å². The average molecular weight is 169 g/mol. The summed E-state index contributed by atoms with van der Waals surface area (Å²) in [6.45, 7) is 15.0. The molecule has 0 spiro atoms. The third-order valence-electron chi connectivity index (χ3n) is 1.95. The molecule has 2 N–H and O–H groups in total. The van der Waals surface area contributed by atoms with E-state index in [1.807, 2.05) is 0 Å². The van der Waals surface area contributed by atoms with Crippen LogP contribution in [0.1, 0.15) is 41.0 Å². The van der Waals surface area contributed by atoms with Gasteiger partial charge >= 0.3 is 0 Å². The van der Waals surface area contributed by atoms with Crippen molar-refractivity contribution in [3.05, 3.63) is 12.2 Å². The molecule has 0 aliphatic heterocycles. The van der Waals surface area contributed by atoms with E-state index in [9.17, 15) is 0 Å². The summed E-state index contributed by atoms with van der Waals surface area (Å²) >= 11 is 0. The zero-order valence-corrected chi connectivity index (χ0v) is 9.15. The molecule has 0 bridgehead atoms. The van der Waals surface area contributed by atoms with E-state index in [1.165, 1.54) is 5.57 Å². The summed E-state index contributed by atoms with van der Waals surface area (Å²) in [5.41, 5.74) is 7.46. The molecule has 0 aromatic heterocycles. The van der Waals surface area contributed by atoms with Crippen LogP contribution in [0, 0.1) is 11.3 Å². The van der Waals surface area contributed by atoms with Gasteiger partial charge in [0.15, 0.2) is 0 Å². The van der Waals surface area contributed by atoms with Crippen molar-refractivity contribution in [2.24, 2.45) is 17.1 Å². The number of rotatable bonds is 3. The van der Waals surface area contributed by atoms with Gasteiger partial charge in [0.2, 0.25) is 0 Å². The Morgan fingerprint density at radius 1 is 1.33 bits per heavy atom. The summed E-state index contributed by atoms with van der Waals surface area (Å²) in [7, 11) is 0. The largest absolute Gasteiger partial charge is 0.324 e. The van der Waals surface area contributed by atoms with Gasteiger partial charge in [-0.2, -0.15) is 0 Å². The topological polar surface area (TPSA) is 26.0 Å². The van der Waals surface area contributed by atoms with Crippen LogP contribution >= 0.6 is 0 Å². The predicted molar refractivity (Wildman–Crippen MR) is 56.0 cm³/mol. The van der Waals surface area contributed by atoms with E-state index in [1.54, 1.807) is 0 Å². The van der Waals surface area contributed by atoms with Crippen molar-refractivity contribution in [1.82, 2.24) is 0 Å². The maximum atomic E-state index is 5.97. The van der Waals surface area contributed by atoms with Gasteiger partial charge in [-0.1, -0.05) is 46.8 Å². The van der Waals surface area contributed by atoms with E-state index >= 15 is 0 Å². The fraction of sp³-hybridized carbons (Fsp3) is 0.818. The van der Waals surface area contributed by atoms with E-state index < -0.39 is 0 Å². The fourth-order valence-corrected chi connectivity index (χ4v) is 1.27. The van der Waals surface area contributed by atoms with Gasteiger partial charge in [-0.15, -0.1) is 0 Å². The molecular weight excluding hydrogens is 146 g/mol. The molecule has 0 radical (unpaired) electrons. The zero-order chi connectivity index (χ0) is 9.94. The summed E-state index contributed by atoms with van der Waals surface area (Å²) in [5, 5.41) is 0. The molecule has 0 heterocycles. The first-order valence-electron chi connectivity index (χ1n) is 4.67. The van der Waals surface area contributed by atoms with Crippen LogP contribution in [0.2, 0.25) is 0 Å². The van der Waals surface area contributed by atoms with Crippen LogP contribution in [-0.2, 0) is 0 Å². The molecule has 0 fully saturated rings. The fourth-order valence-electron chi connectivity index (χ4n) is 1.27. The van der Waals surface area contributed by atoms with Crippen molar-refractivity contribution in [3.63, 3.8) is 0 Å². The quantitative estimate of drug-likeness (QED) is 0.646. The Kier molecular flexibility index (Phi) is 3.98. The van der Waals surface area contributed by atoms with Crippen LogP contribution in [-0.4, -0.2) is 6.04 Å². The zero-order valence-electron chi connectivity index (χ0n) is 9.15. The van der Waals surface area contributed by atoms with Crippen molar-refractivity contribution < 1.29 is 0 Å². The normalized spacial score (nSPS) is 14.9. The van der Waals surface area contributed by atoms with Crippen LogP contribution in [0.25, 0.3) is 0 Å². The van der Waals surface area contributed by atoms with Crippen LogP contribution < -0.4 is 5.73 Å². The van der Waals surface area contributed by atoms with Crippen molar-refractivity contribution in [2.45, 2.75) is 47.1 Å². The van der Waals surface area contributed by atoms with Crippen LogP contribution in [0.5, 0.6) is 0 Å². The maximum absolute atomic E-state index is 5.97. The standard InChI is InChI=1S/C11H23N/c1-8(2)10(12)9(3)7-11(4,5)6/h8,10H,3,7,12H2,1-2,4-6H3. The second-order valence-electron chi connectivity index (χ2n) is 5.17. The summed E-state index contributed by atoms with van der Waals surface area (Å²) in [6, 6.07) is 0.157. The average Bonchev–Trinajstić information content (AvgIpc) is 1.82. The van der Waals surface area contributed by atoms with E-state index in [0.29, 0.717) is 11.3 Å². The molecule has 0 saturated carbocycles. The van der Waals surface area contributed by atoms with E-state index in [-0.39, 0.29) is 6.04 Å². The second kappa shape index (κ2) is 4.08. The lowest BCUT2D eigenvalue weighted by atomic mass is 9.83. The molecule has 72 valence electrons. The third-order valence-corrected chi connectivity index (χ3v) is 1.95. The minimum absolute atomic E-state index is 0.157. The molecule has 1 heteroatoms. The van der Waals surface area contributed by atoms with Gasteiger partial charge in [0.1, 0.15) is 0 Å². The minimum atomic E-state index is 0.157. The molecule has 0 amide bonds.